The van der Waals surface area contributed by atoms with E-state index in [2.05, 4.69) is 10.6 Å². The highest BCUT2D eigenvalue weighted by molar-refractivity contribution is 7.89. The predicted molar refractivity (Wildman–Crippen MR) is 127 cm³/mol. The van der Waals surface area contributed by atoms with Crippen molar-refractivity contribution in [1.29, 1.82) is 0 Å². The van der Waals surface area contributed by atoms with Crippen molar-refractivity contribution in [1.82, 2.24) is 19.8 Å². The van der Waals surface area contributed by atoms with Gasteiger partial charge in [-0.2, -0.15) is 4.31 Å². The fourth-order valence-electron chi connectivity index (χ4n) is 4.06. The van der Waals surface area contributed by atoms with E-state index in [1.54, 1.807) is 30.3 Å². The average molecular weight is 487 g/mol. The lowest BCUT2D eigenvalue weighted by Crippen LogP contribution is -2.40. The molecule has 0 bridgehead atoms. The van der Waals surface area contributed by atoms with Crippen LogP contribution in [-0.2, 0) is 27.8 Å². The van der Waals surface area contributed by atoms with Crippen molar-refractivity contribution < 1.29 is 22.7 Å². The summed E-state index contributed by atoms with van der Waals surface area (Å²) in [6, 6.07) is 13.5. The van der Waals surface area contributed by atoms with Gasteiger partial charge in [0.15, 0.2) is 0 Å². The molecule has 0 aromatic heterocycles. The van der Waals surface area contributed by atoms with Gasteiger partial charge in [0, 0.05) is 44.8 Å². The molecule has 34 heavy (non-hydrogen) atoms. The maximum Gasteiger partial charge on any atom is 0.315 e. The van der Waals surface area contributed by atoms with Crippen molar-refractivity contribution in [3.05, 3.63) is 65.2 Å². The normalized spacial score (nSPS) is 16.9. The number of hydrogen-bond acceptors (Lipinski definition) is 5. The number of hydrogen-bond donors (Lipinski definition) is 2. The first-order valence-corrected chi connectivity index (χ1v) is 12.9. The number of carbonyl (C=O) groups excluding carboxylic acids is 2. The van der Waals surface area contributed by atoms with E-state index in [0.717, 1.165) is 37.1 Å². The van der Waals surface area contributed by atoms with E-state index in [-0.39, 0.29) is 23.4 Å². The number of carbonyl (C=O) groups is 2. The molecule has 3 amide bonds. The molecule has 0 aliphatic carbocycles. The molecule has 2 N–H and O–H groups in total. The van der Waals surface area contributed by atoms with Crippen LogP contribution in [0.4, 0.5) is 4.79 Å². The highest BCUT2D eigenvalue weighted by atomic mass is 32.2. The second kappa shape index (κ2) is 11.0. The summed E-state index contributed by atoms with van der Waals surface area (Å²) in [6.45, 7) is 3.64. The molecule has 0 atom stereocenters. The Labute approximate surface area is 200 Å². The highest BCUT2D eigenvalue weighted by Crippen LogP contribution is 2.18. The molecule has 2 aliphatic heterocycles. The first-order chi connectivity index (χ1) is 16.4. The quantitative estimate of drug-likeness (QED) is 0.622. The average Bonchev–Trinajstić information content (AvgIpc) is 3.42. The lowest BCUT2D eigenvalue weighted by molar-refractivity contribution is 0.0730. The van der Waals surface area contributed by atoms with Gasteiger partial charge in [-0.15, -0.1) is 0 Å². The number of morpholine rings is 1. The van der Waals surface area contributed by atoms with Gasteiger partial charge in [-0.1, -0.05) is 24.3 Å². The molecule has 0 radical (unpaired) electrons. The molecule has 2 heterocycles. The molecular weight excluding hydrogens is 456 g/mol. The molecule has 182 valence electrons. The second-order valence-corrected chi connectivity index (χ2v) is 10.3. The summed E-state index contributed by atoms with van der Waals surface area (Å²) in [5.41, 5.74) is 2.26. The zero-order valence-electron chi connectivity index (χ0n) is 19.0. The molecular formula is C24H30N4O5S. The molecule has 2 aliphatic rings. The Hall–Kier alpha value is -2.95. The summed E-state index contributed by atoms with van der Waals surface area (Å²) in [6.07, 6.45) is 2.08. The standard InChI is InChI=1S/C24H30N4O5S/c29-23(27-10-1-2-11-27)21-5-3-4-20(16-21)18-26-24(30)25-17-19-6-8-22(9-7-19)34(31,32)28-12-14-33-15-13-28/h3-9,16H,1-2,10-15,17-18H2,(H2,25,26,30). The van der Waals surface area contributed by atoms with Gasteiger partial charge in [0.2, 0.25) is 10.0 Å². The molecule has 2 fully saturated rings. The topological polar surface area (TPSA) is 108 Å². The fourth-order valence-corrected chi connectivity index (χ4v) is 5.47. The van der Waals surface area contributed by atoms with Crippen molar-refractivity contribution >= 4 is 22.0 Å². The molecule has 2 aromatic rings. The van der Waals surface area contributed by atoms with Crippen molar-refractivity contribution in [2.24, 2.45) is 0 Å². The molecule has 0 spiro atoms. The number of sulfonamides is 1. The van der Waals surface area contributed by atoms with Crippen LogP contribution in [0.5, 0.6) is 0 Å². The van der Waals surface area contributed by atoms with Crippen LogP contribution in [0.3, 0.4) is 0 Å². The van der Waals surface area contributed by atoms with E-state index in [0.29, 0.717) is 38.4 Å². The van der Waals surface area contributed by atoms with Crippen LogP contribution in [0.2, 0.25) is 0 Å². The van der Waals surface area contributed by atoms with E-state index < -0.39 is 10.0 Å². The second-order valence-electron chi connectivity index (χ2n) is 8.40. The van der Waals surface area contributed by atoms with Gasteiger partial charge in [0.05, 0.1) is 18.1 Å². The van der Waals surface area contributed by atoms with Gasteiger partial charge in [0.25, 0.3) is 5.91 Å². The van der Waals surface area contributed by atoms with Crippen molar-refractivity contribution in [3.8, 4) is 0 Å². The third-order valence-electron chi connectivity index (χ3n) is 6.00. The number of nitrogens with zero attached hydrogens (tertiary/aromatic N) is 2. The molecule has 2 saturated heterocycles. The van der Waals surface area contributed by atoms with E-state index in [1.807, 2.05) is 23.1 Å². The maximum absolute atomic E-state index is 12.7. The van der Waals surface area contributed by atoms with Crippen LogP contribution in [0.1, 0.15) is 34.3 Å². The third kappa shape index (κ3) is 5.94. The SMILES string of the molecule is O=C(NCc1ccc(S(=O)(=O)N2CCOCC2)cc1)NCc1cccc(C(=O)N2CCCC2)c1. The number of nitrogens with one attached hydrogen (secondary N) is 2. The van der Waals surface area contributed by atoms with Gasteiger partial charge in [-0.3, -0.25) is 4.79 Å². The molecule has 4 rings (SSSR count). The Morgan fingerprint density at radius 2 is 1.50 bits per heavy atom. The van der Waals surface area contributed by atoms with Gasteiger partial charge in [0.1, 0.15) is 0 Å². The van der Waals surface area contributed by atoms with Crippen molar-refractivity contribution in [2.45, 2.75) is 30.8 Å². The largest absolute Gasteiger partial charge is 0.379 e. The predicted octanol–water partition coefficient (Wildman–Crippen LogP) is 1.94. The zero-order chi connectivity index (χ0) is 24.0. The number of ether oxygens (including phenoxy) is 1. The van der Waals surface area contributed by atoms with Crippen LogP contribution in [0, 0.1) is 0 Å². The summed E-state index contributed by atoms with van der Waals surface area (Å²) in [7, 11) is -3.54. The van der Waals surface area contributed by atoms with E-state index in [9.17, 15) is 18.0 Å². The summed E-state index contributed by atoms with van der Waals surface area (Å²) in [5.74, 6) is 0.0304. The van der Waals surface area contributed by atoms with Gasteiger partial charge in [-0.05, 0) is 48.2 Å². The van der Waals surface area contributed by atoms with Crippen LogP contribution >= 0.6 is 0 Å². The van der Waals surface area contributed by atoms with Crippen LogP contribution in [0.15, 0.2) is 53.4 Å². The number of rotatable bonds is 7. The smallest absolute Gasteiger partial charge is 0.315 e. The van der Waals surface area contributed by atoms with Gasteiger partial charge in [-0.25, -0.2) is 13.2 Å². The monoisotopic (exact) mass is 486 g/mol. The first kappa shape index (κ1) is 24.2. The van der Waals surface area contributed by atoms with E-state index >= 15 is 0 Å². The maximum atomic E-state index is 12.7. The third-order valence-corrected chi connectivity index (χ3v) is 7.92. The Morgan fingerprint density at radius 3 is 2.18 bits per heavy atom. The van der Waals surface area contributed by atoms with Crippen LogP contribution < -0.4 is 10.6 Å². The summed E-state index contributed by atoms with van der Waals surface area (Å²) >= 11 is 0. The highest BCUT2D eigenvalue weighted by Gasteiger charge is 2.26. The number of likely N-dealkylation sites (tertiary alicyclic amines) is 1. The number of urea groups is 1. The lowest BCUT2D eigenvalue weighted by Gasteiger charge is -2.26. The molecule has 9 nitrogen and oxygen atoms in total. The Bertz CT molecular complexity index is 1110. The first-order valence-electron chi connectivity index (χ1n) is 11.5. The van der Waals surface area contributed by atoms with Gasteiger partial charge >= 0.3 is 6.03 Å². The summed E-state index contributed by atoms with van der Waals surface area (Å²) < 4.78 is 32.0. The Balaban J connectivity index is 1.26. The molecule has 0 saturated carbocycles. The Kier molecular flexibility index (Phi) is 7.81. The zero-order valence-corrected chi connectivity index (χ0v) is 19.9. The van der Waals surface area contributed by atoms with Crippen molar-refractivity contribution in [3.63, 3.8) is 0 Å². The lowest BCUT2D eigenvalue weighted by atomic mass is 10.1. The molecule has 2 aromatic carbocycles. The van der Waals surface area contributed by atoms with E-state index in [1.165, 1.54) is 4.31 Å². The minimum Gasteiger partial charge on any atom is -0.379 e. The molecule has 10 heteroatoms. The summed E-state index contributed by atoms with van der Waals surface area (Å²) in [5, 5.41) is 5.57. The number of benzene rings is 2. The minimum atomic E-state index is -3.54. The minimum absolute atomic E-state index is 0.0304. The van der Waals surface area contributed by atoms with Crippen LogP contribution in [-0.4, -0.2) is 69.0 Å². The van der Waals surface area contributed by atoms with E-state index in [4.69, 9.17) is 4.74 Å². The van der Waals surface area contributed by atoms with Crippen molar-refractivity contribution in [2.75, 3.05) is 39.4 Å². The Morgan fingerprint density at radius 1 is 0.853 bits per heavy atom. The summed E-state index contributed by atoms with van der Waals surface area (Å²) in [4.78, 5) is 26.9. The van der Waals surface area contributed by atoms with Gasteiger partial charge < -0.3 is 20.3 Å². The fraction of sp³-hybridized carbons (Fsp3) is 0.417. The molecule has 0 unspecified atom stereocenters. The number of amides is 3. The van der Waals surface area contributed by atoms with Crippen LogP contribution in [0.25, 0.3) is 0 Å².